The minimum absolute atomic E-state index is 0.00530. The monoisotopic (exact) mass is 202 g/mol. The molecule has 1 aliphatic rings. The van der Waals surface area contributed by atoms with Crippen molar-refractivity contribution in [2.75, 3.05) is 0 Å². The van der Waals surface area contributed by atoms with Gasteiger partial charge in [-0.3, -0.25) is 4.79 Å². The smallest absolute Gasteiger partial charge is 0.134 e. The Morgan fingerprint density at radius 3 is 2.07 bits per heavy atom. The highest BCUT2D eigenvalue weighted by Gasteiger charge is 2.49. The van der Waals surface area contributed by atoms with E-state index in [-0.39, 0.29) is 10.8 Å². The zero-order valence-corrected chi connectivity index (χ0v) is 9.71. The first kappa shape index (κ1) is 10.4. The summed E-state index contributed by atoms with van der Waals surface area (Å²) in [5, 5.41) is 0. The van der Waals surface area contributed by atoms with Crippen LogP contribution in [-0.4, -0.2) is 5.78 Å². The van der Waals surface area contributed by atoms with Crippen molar-refractivity contribution >= 4 is 5.78 Å². The molecular formula is C14H18O. The molecule has 0 heterocycles. The maximum absolute atomic E-state index is 11.6. The molecule has 0 unspecified atom stereocenters. The van der Waals surface area contributed by atoms with Gasteiger partial charge in [-0.2, -0.15) is 0 Å². The maximum atomic E-state index is 11.6. The lowest BCUT2D eigenvalue weighted by Gasteiger charge is -2.38. The van der Waals surface area contributed by atoms with Crippen LogP contribution in [0.3, 0.4) is 0 Å². The van der Waals surface area contributed by atoms with E-state index in [9.17, 15) is 4.79 Å². The molecule has 0 aliphatic heterocycles. The summed E-state index contributed by atoms with van der Waals surface area (Å²) in [7, 11) is 0. The number of benzene rings is 1. The van der Waals surface area contributed by atoms with Crippen molar-refractivity contribution in [2.24, 2.45) is 5.41 Å². The summed E-state index contributed by atoms with van der Waals surface area (Å²) in [6.07, 6.45) is 1.39. The van der Waals surface area contributed by atoms with E-state index in [1.807, 2.05) is 6.07 Å². The number of hydrogen-bond donors (Lipinski definition) is 0. The van der Waals surface area contributed by atoms with E-state index in [1.165, 1.54) is 5.56 Å². The van der Waals surface area contributed by atoms with Gasteiger partial charge in [0.2, 0.25) is 0 Å². The Bertz CT molecular complexity index is 378. The fourth-order valence-electron chi connectivity index (χ4n) is 2.68. The van der Waals surface area contributed by atoms with Crippen LogP contribution in [0.5, 0.6) is 0 Å². The van der Waals surface area contributed by atoms with Crippen LogP contribution in [0.1, 0.15) is 39.2 Å². The minimum Gasteiger partial charge on any atom is -0.300 e. The topological polar surface area (TPSA) is 17.1 Å². The highest BCUT2D eigenvalue weighted by molar-refractivity contribution is 5.84. The molecule has 80 valence electrons. The van der Waals surface area contributed by atoms with E-state index in [0.29, 0.717) is 18.6 Å². The van der Waals surface area contributed by atoms with E-state index in [4.69, 9.17) is 0 Å². The van der Waals surface area contributed by atoms with Gasteiger partial charge in [0.25, 0.3) is 0 Å². The standard InChI is InChI=1S/C14H18O/c1-13(2)9-12(15)10-14(13,3)11-7-5-4-6-8-11/h4-8H,9-10H2,1-3H3/t14-/m0/s1. The summed E-state index contributed by atoms with van der Waals surface area (Å²) >= 11 is 0. The molecular weight excluding hydrogens is 184 g/mol. The molecule has 0 N–H and O–H groups in total. The number of carbonyl (C=O) groups is 1. The van der Waals surface area contributed by atoms with Gasteiger partial charge in [-0.15, -0.1) is 0 Å². The van der Waals surface area contributed by atoms with Gasteiger partial charge in [0, 0.05) is 18.3 Å². The highest BCUT2D eigenvalue weighted by atomic mass is 16.1. The van der Waals surface area contributed by atoms with Gasteiger partial charge in [0.15, 0.2) is 0 Å². The zero-order valence-electron chi connectivity index (χ0n) is 9.71. The number of hydrogen-bond acceptors (Lipinski definition) is 1. The van der Waals surface area contributed by atoms with Crippen molar-refractivity contribution < 1.29 is 4.79 Å². The quantitative estimate of drug-likeness (QED) is 0.682. The molecule has 15 heavy (non-hydrogen) atoms. The number of Topliss-reactive ketones (excluding diaryl/α,β-unsaturated/α-hetero) is 1. The number of carbonyl (C=O) groups excluding carboxylic acids is 1. The van der Waals surface area contributed by atoms with E-state index >= 15 is 0 Å². The van der Waals surface area contributed by atoms with Crippen LogP contribution in [0, 0.1) is 5.41 Å². The molecule has 0 radical (unpaired) electrons. The zero-order chi connectivity index (χ0) is 11.1. The molecule has 1 atom stereocenters. The van der Waals surface area contributed by atoms with E-state index in [0.717, 1.165) is 0 Å². The van der Waals surface area contributed by atoms with Gasteiger partial charge < -0.3 is 0 Å². The summed E-state index contributed by atoms with van der Waals surface area (Å²) in [6.45, 7) is 6.61. The SMILES string of the molecule is CC1(C)CC(=O)C[C@@]1(C)c1ccccc1. The van der Waals surface area contributed by atoms with Crippen LogP contribution in [0.15, 0.2) is 30.3 Å². The predicted octanol–water partition coefficient (Wildman–Crippen LogP) is 3.33. The predicted molar refractivity (Wildman–Crippen MR) is 61.8 cm³/mol. The molecule has 0 bridgehead atoms. The summed E-state index contributed by atoms with van der Waals surface area (Å²) < 4.78 is 0. The third kappa shape index (κ3) is 1.50. The Kier molecular flexibility index (Phi) is 2.22. The fourth-order valence-corrected chi connectivity index (χ4v) is 2.68. The van der Waals surface area contributed by atoms with Gasteiger partial charge in [-0.05, 0) is 11.0 Å². The van der Waals surface area contributed by atoms with Crippen LogP contribution in [0.2, 0.25) is 0 Å². The van der Waals surface area contributed by atoms with Gasteiger partial charge in [0.1, 0.15) is 5.78 Å². The minimum atomic E-state index is 0.00530. The maximum Gasteiger partial charge on any atom is 0.134 e. The van der Waals surface area contributed by atoms with Crippen LogP contribution < -0.4 is 0 Å². The molecule has 2 rings (SSSR count). The van der Waals surface area contributed by atoms with Crippen molar-refractivity contribution in [1.29, 1.82) is 0 Å². The molecule has 1 aliphatic carbocycles. The van der Waals surface area contributed by atoms with Gasteiger partial charge >= 0.3 is 0 Å². The van der Waals surface area contributed by atoms with Crippen LogP contribution in [0.4, 0.5) is 0 Å². The summed E-state index contributed by atoms with van der Waals surface area (Å²) in [4.78, 5) is 11.6. The Morgan fingerprint density at radius 1 is 1.00 bits per heavy atom. The largest absolute Gasteiger partial charge is 0.300 e. The second-order valence-electron chi connectivity index (χ2n) is 5.47. The molecule has 1 aromatic rings. The second kappa shape index (κ2) is 3.19. The second-order valence-corrected chi connectivity index (χ2v) is 5.47. The highest BCUT2D eigenvalue weighted by Crippen LogP contribution is 2.52. The van der Waals surface area contributed by atoms with Crippen LogP contribution in [-0.2, 0) is 10.2 Å². The molecule has 0 spiro atoms. The van der Waals surface area contributed by atoms with Crippen molar-refractivity contribution in [1.82, 2.24) is 0 Å². The summed E-state index contributed by atoms with van der Waals surface area (Å²) in [6, 6.07) is 10.4. The lowest BCUT2D eigenvalue weighted by Crippen LogP contribution is -2.33. The lowest BCUT2D eigenvalue weighted by molar-refractivity contribution is -0.118. The lowest BCUT2D eigenvalue weighted by atomic mass is 9.65. The first-order chi connectivity index (χ1) is 6.96. The van der Waals surface area contributed by atoms with Crippen molar-refractivity contribution in [3.63, 3.8) is 0 Å². The average Bonchev–Trinajstić information content (AvgIpc) is 2.38. The summed E-state index contributed by atoms with van der Waals surface area (Å²) in [5.41, 5.74) is 1.37. The Balaban J connectivity index is 2.47. The van der Waals surface area contributed by atoms with Crippen molar-refractivity contribution in [2.45, 2.75) is 39.0 Å². The van der Waals surface area contributed by atoms with Crippen LogP contribution in [0.25, 0.3) is 0 Å². The molecule has 1 nitrogen and oxygen atoms in total. The molecule has 1 saturated carbocycles. The van der Waals surface area contributed by atoms with Gasteiger partial charge in [-0.1, -0.05) is 51.1 Å². The normalized spacial score (nSPS) is 29.4. The molecule has 0 saturated heterocycles. The van der Waals surface area contributed by atoms with Gasteiger partial charge in [0.05, 0.1) is 0 Å². The Morgan fingerprint density at radius 2 is 1.60 bits per heavy atom. The molecule has 1 fully saturated rings. The van der Waals surface area contributed by atoms with Crippen LogP contribution >= 0.6 is 0 Å². The Hall–Kier alpha value is -1.11. The van der Waals surface area contributed by atoms with E-state index in [2.05, 4.69) is 45.0 Å². The number of ketones is 1. The summed E-state index contributed by atoms with van der Waals surface area (Å²) in [5.74, 6) is 0.395. The third-order valence-electron chi connectivity index (χ3n) is 4.09. The molecule has 1 heteroatoms. The fraction of sp³-hybridized carbons (Fsp3) is 0.500. The van der Waals surface area contributed by atoms with Gasteiger partial charge in [-0.25, -0.2) is 0 Å². The van der Waals surface area contributed by atoms with Crippen molar-refractivity contribution in [3.8, 4) is 0 Å². The Labute approximate surface area is 91.5 Å². The third-order valence-corrected chi connectivity index (χ3v) is 4.09. The molecule has 1 aromatic carbocycles. The first-order valence-electron chi connectivity index (χ1n) is 5.53. The number of rotatable bonds is 1. The van der Waals surface area contributed by atoms with Crippen molar-refractivity contribution in [3.05, 3.63) is 35.9 Å². The van der Waals surface area contributed by atoms with E-state index < -0.39 is 0 Å². The van der Waals surface area contributed by atoms with E-state index in [1.54, 1.807) is 0 Å². The average molecular weight is 202 g/mol. The molecule has 0 amide bonds. The first-order valence-corrected chi connectivity index (χ1v) is 5.53. The molecule has 0 aromatic heterocycles.